The molecule has 8 aliphatic rings. The van der Waals surface area contributed by atoms with E-state index in [2.05, 4.69) is 54.5 Å². The Morgan fingerprint density at radius 1 is 0.519 bits per heavy atom. The molecule has 444 valence electrons. The molecule has 24 atom stereocenters. The lowest BCUT2D eigenvalue weighted by atomic mass is 9.34. The molecule has 4 saturated carbocycles. The Labute approximate surface area is 460 Å². The van der Waals surface area contributed by atoms with Crippen molar-refractivity contribution in [3.8, 4) is 0 Å². The van der Waals surface area contributed by atoms with Gasteiger partial charge in [0, 0.05) is 78.2 Å². The van der Waals surface area contributed by atoms with Crippen molar-refractivity contribution in [2.75, 3.05) is 98.0 Å². The average molecular weight is 1100 g/mol. The maximum absolute atomic E-state index is 14.8. The Kier molecular flexibility index (Phi) is 19.9. The number of allylic oxidation sites excluding steroid dienone is 2. The van der Waals surface area contributed by atoms with Gasteiger partial charge in [-0.15, -0.1) is 0 Å². The van der Waals surface area contributed by atoms with Gasteiger partial charge in [0.05, 0.1) is 31.8 Å². The molecule has 0 unspecified atom stereocenters. The molecule has 0 N–H and O–H groups in total. The van der Waals surface area contributed by atoms with Crippen molar-refractivity contribution in [3.63, 3.8) is 0 Å². The van der Waals surface area contributed by atoms with Crippen LogP contribution in [0.25, 0.3) is 0 Å². The number of methoxy groups -OCH3 is 11. The second kappa shape index (κ2) is 24.8. The molecule has 0 bridgehead atoms. The second-order valence-corrected chi connectivity index (χ2v) is 25.9. The minimum Gasteiger partial charge on any atom is -0.432 e. The molecular weight excluding hydrogens is 997 g/mol. The molecule has 8 rings (SSSR count). The summed E-state index contributed by atoms with van der Waals surface area (Å²) in [4.78, 5) is 14.8. The quantitative estimate of drug-likeness (QED) is 0.0680. The predicted octanol–water partition coefficient (Wildman–Crippen LogP) is 7.19. The van der Waals surface area contributed by atoms with E-state index in [-0.39, 0.29) is 76.7 Å². The van der Waals surface area contributed by atoms with Crippen LogP contribution in [0.2, 0.25) is 0 Å². The van der Waals surface area contributed by atoms with Crippen molar-refractivity contribution in [3.05, 3.63) is 11.6 Å². The Bertz CT molecular complexity index is 1970. The standard InChI is InChI=1S/C59H100O18/c1-55(2)27-33-32(34(28-55)51(60)77-54-49(70-17)46(67-14)43(65-12)37(73-54)30-62-9)21-25-58(6)35(33)19-20-40-57(5)24-23-41(56(3,4)39(57)22-26-59(40,58)7)75-52-50(71-18)47(68-15)44(38(74-52)31-63-10)76-53-48(69-16)45(66-13)42(64-11)36(72-53)29-61-8/h19,32-34,36-50,52-54H,20-31H2,1-18H3/t32-,33+,34-,36+,37-,38+,39+,40+,41-,42-,43-,44+,45-,46+,47-,48+,49-,50+,52-,53-,54-,57+,58-,59-/m0/s1. The lowest BCUT2D eigenvalue weighted by Gasteiger charge is -2.71. The Morgan fingerprint density at radius 3 is 1.52 bits per heavy atom. The summed E-state index contributed by atoms with van der Waals surface area (Å²) in [5.74, 6) is 0.798. The Hall–Kier alpha value is -1.43. The normalized spacial score (nSPS) is 47.4. The first kappa shape index (κ1) is 61.6. The van der Waals surface area contributed by atoms with Gasteiger partial charge < -0.3 is 80.5 Å². The lowest BCUT2D eigenvalue weighted by molar-refractivity contribution is -0.375. The van der Waals surface area contributed by atoms with Crippen LogP contribution in [-0.2, 0) is 85.3 Å². The fourth-order valence-corrected chi connectivity index (χ4v) is 17.7. The Morgan fingerprint density at radius 2 is 1.00 bits per heavy atom. The van der Waals surface area contributed by atoms with E-state index in [1.54, 1.807) is 83.8 Å². The zero-order valence-electron chi connectivity index (χ0n) is 50.0. The van der Waals surface area contributed by atoms with Crippen LogP contribution in [-0.4, -0.2) is 202 Å². The van der Waals surface area contributed by atoms with Gasteiger partial charge in [0.25, 0.3) is 0 Å². The van der Waals surface area contributed by atoms with E-state index >= 15 is 0 Å². The highest BCUT2D eigenvalue weighted by atomic mass is 16.8. The third kappa shape index (κ3) is 10.9. The number of rotatable bonds is 20. The molecule has 3 saturated heterocycles. The fourth-order valence-electron chi connectivity index (χ4n) is 17.7. The van der Waals surface area contributed by atoms with Crippen molar-refractivity contribution >= 4 is 5.97 Å². The highest BCUT2D eigenvalue weighted by Crippen LogP contribution is 2.75. The molecule has 18 nitrogen and oxygen atoms in total. The number of carbonyl (C=O) groups is 1. The third-order valence-corrected chi connectivity index (χ3v) is 21.5. The highest BCUT2D eigenvalue weighted by Gasteiger charge is 2.68. The molecule has 0 spiro atoms. The van der Waals surface area contributed by atoms with E-state index in [9.17, 15) is 4.79 Å². The highest BCUT2D eigenvalue weighted by molar-refractivity contribution is 5.73. The third-order valence-electron chi connectivity index (χ3n) is 21.5. The minimum atomic E-state index is -0.967. The summed E-state index contributed by atoms with van der Waals surface area (Å²) in [6, 6.07) is 0. The van der Waals surface area contributed by atoms with E-state index in [1.807, 2.05) is 0 Å². The van der Waals surface area contributed by atoms with Gasteiger partial charge in [0.1, 0.15) is 73.2 Å². The molecule has 7 fully saturated rings. The van der Waals surface area contributed by atoms with E-state index in [0.29, 0.717) is 11.8 Å². The van der Waals surface area contributed by atoms with Gasteiger partial charge in [-0.05, 0) is 109 Å². The Balaban J connectivity index is 0.996. The van der Waals surface area contributed by atoms with Crippen LogP contribution >= 0.6 is 0 Å². The summed E-state index contributed by atoms with van der Waals surface area (Å²) in [7, 11) is 17.9. The average Bonchev–Trinajstić information content (AvgIpc) is 3.43. The number of carbonyl (C=O) groups excluding carboxylic acids is 1. The summed E-state index contributed by atoms with van der Waals surface area (Å²) < 4.78 is 105. The van der Waals surface area contributed by atoms with Crippen LogP contribution in [0.4, 0.5) is 0 Å². The van der Waals surface area contributed by atoms with Gasteiger partial charge in [-0.25, -0.2) is 0 Å². The van der Waals surface area contributed by atoms with Crippen LogP contribution in [0.5, 0.6) is 0 Å². The van der Waals surface area contributed by atoms with Gasteiger partial charge in [0.15, 0.2) is 12.6 Å². The second-order valence-electron chi connectivity index (χ2n) is 25.9. The summed E-state index contributed by atoms with van der Waals surface area (Å²) in [6.07, 6.45) is 1.97. The van der Waals surface area contributed by atoms with Crippen molar-refractivity contribution in [2.45, 2.75) is 204 Å². The predicted molar refractivity (Wildman–Crippen MR) is 283 cm³/mol. The first-order valence-electron chi connectivity index (χ1n) is 28.6. The maximum Gasteiger partial charge on any atom is 0.311 e. The molecule has 18 heteroatoms. The molecule has 3 aliphatic heterocycles. The van der Waals surface area contributed by atoms with Gasteiger partial charge in [0.2, 0.25) is 6.29 Å². The molecule has 0 amide bonds. The zero-order chi connectivity index (χ0) is 56.0. The SMILES string of the molecule is COC[C@@H]1O[C@@H](OC(=O)[C@H]2CC(C)(C)C[C@H]3C4=CC[C@@H]5[C@]6(C)CC[C@H](O[C@@H]7O[C@H](COC)[C@@H](O[C@@H]8O[C@H](COC)[C@H](OC)[C@H](OC)[C@H]8OC)[C@H](OC)[C@H]7OC)C(C)(C)[C@H]6CC[C@]5(C)[C@@]4(C)CC[C@H]23)[C@@H](OC)[C@H](OC)[C@H]1OC. The first-order chi connectivity index (χ1) is 36.7. The van der Waals surface area contributed by atoms with E-state index in [1.165, 1.54) is 0 Å². The van der Waals surface area contributed by atoms with Crippen molar-refractivity contribution < 1.29 is 85.3 Å². The van der Waals surface area contributed by atoms with Gasteiger partial charge >= 0.3 is 5.97 Å². The lowest BCUT2D eigenvalue weighted by Crippen LogP contribution is -2.67. The van der Waals surface area contributed by atoms with Gasteiger partial charge in [-0.3, -0.25) is 4.79 Å². The number of fused-ring (bicyclic) bond motifs is 7. The molecule has 3 heterocycles. The summed E-state index contributed by atoms with van der Waals surface area (Å²) in [5, 5.41) is 0. The molecule has 0 aromatic carbocycles. The van der Waals surface area contributed by atoms with Crippen LogP contribution in [0.15, 0.2) is 11.6 Å². The number of hydrogen-bond donors (Lipinski definition) is 0. The molecule has 0 aromatic rings. The van der Waals surface area contributed by atoms with Crippen LogP contribution in [0.1, 0.15) is 106 Å². The molecule has 0 aromatic heterocycles. The van der Waals surface area contributed by atoms with Crippen molar-refractivity contribution in [2.24, 2.45) is 56.7 Å². The largest absolute Gasteiger partial charge is 0.432 e. The summed E-state index contributed by atoms with van der Waals surface area (Å²) in [6.45, 7) is 18.0. The fraction of sp³-hybridized carbons (Fsp3) is 0.949. The van der Waals surface area contributed by atoms with Crippen LogP contribution in [0.3, 0.4) is 0 Å². The smallest absolute Gasteiger partial charge is 0.311 e. The van der Waals surface area contributed by atoms with Crippen LogP contribution < -0.4 is 0 Å². The minimum absolute atomic E-state index is 0.0232. The van der Waals surface area contributed by atoms with Crippen molar-refractivity contribution in [1.82, 2.24) is 0 Å². The topological polar surface area (TPSA) is 174 Å². The first-order valence-corrected chi connectivity index (χ1v) is 28.6. The van der Waals surface area contributed by atoms with E-state index in [4.69, 9.17) is 80.5 Å². The molecule has 77 heavy (non-hydrogen) atoms. The van der Waals surface area contributed by atoms with E-state index in [0.717, 1.165) is 57.8 Å². The number of esters is 1. The summed E-state index contributed by atoms with van der Waals surface area (Å²) >= 11 is 0. The van der Waals surface area contributed by atoms with E-state index < -0.39 is 92.1 Å². The number of ether oxygens (including phenoxy) is 17. The van der Waals surface area contributed by atoms with Crippen LogP contribution in [0, 0.1) is 56.7 Å². The molecule has 5 aliphatic carbocycles. The monoisotopic (exact) mass is 1100 g/mol. The number of hydrogen-bond acceptors (Lipinski definition) is 18. The van der Waals surface area contributed by atoms with Gasteiger partial charge in [-0.1, -0.05) is 60.1 Å². The zero-order valence-corrected chi connectivity index (χ0v) is 50.0. The maximum atomic E-state index is 14.8. The molecule has 0 radical (unpaired) electrons. The van der Waals surface area contributed by atoms with Gasteiger partial charge in [-0.2, -0.15) is 0 Å². The summed E-state index contributed by atoms with van der Waals surface area (Å²) in [5.41, 5.74) is 1.38. The molecular formula is C59H100O18. The van der Waals surface area contributed by atoms with Crippen molar-refractivity contribution in [1.29, 1.82) is 0 Å².